The van der Waals surface area contributed by atoms with Crippen LogP contribution in [0.4, 0.5) is 5.69 Å². The fourth-order valence-electron chi connectivity index (χ4n) is 2.68. The van der Waals surface area contributed by atoms with Gasteiger partial charge in [-0.2, -0.15) is 0 Å². The first-order valence-corrected chi connectivity index (χ1v) is 9.12. The monoisotopic (exact) mass is 309 g/mol. The summed E-state index contributed by atoms with van der Waals surface area (Å²) in [7, 11) is 0. The van der Waals surface area contributed by atoms with Crippen LogP contribution >= 0.6 is 11.6 Å². The van der Waals surface area contributed by atoms with E-state index in [9.17, 15) is 0 Å². The molecule has 2 heteroatoms. The highest BCUT2D eigenvalue weighted by atomic mass is 35.5. The number of unbranched alkanes of at least 4 members (excludes halogenated alkanes) is 9. The van der Waals surface area contributed by atoms with Crippen molar-refractivity contribution < 1.29 is 0 Å². The Morgan fingerprint density at radius 2 is 1.43 bits per heavy atom. The molecule has 0 fully saturated rings. The lowest BCUT2D eigenvalue weighted by atomic mass is 10.1. The van der Waals surface area contributed by atoms with Gasteiger partial charge in [-0.05, 0) is 25.0 Å². The molecule has 1 rings (SSSR count). The zero-order valence-corrected chi connectivity index (χ0v) is 14.6. The number of aryl methyl sites for hydroxylation is 1. The minimum atomic E-state index is 0.835. The van der Waals surface area contributed by atoms with Crippen LogP contribution in [-0.4, -0.2) is 6.54 Å². The van der Waals surface area contributed by atoms with Crippen molar-refractivity contribution in [2.45, 2.75) is 78.1 Å². The van der Waals surface area contributed by atoms with Crippen LogP contribution in [0.3, 0.4) is 0 Å². The van der Waals surface area contributed by atoms with E-state index in [2.05, 4.69) is 25.2 Å². The van der Waals surface area contributed by atoms with E-state index in [-0.39, 0.29) is 0 Å². The van der Waals surface area contributed by atoms with Crippen LogP contribution in [-0.2, 0) is 0 Å². The Kier molecular flexibility index (Phi) is 10.4. The first-order chi connectivity index (χ1) is 10.3. The zero-order valence-electron chi connectivity index (χ0n) is 13.9. The van der Waals surface area contributed by atoms with Crippen molar-refractivity contribution in [3.05, 3.63) is 28.8 Å². The normalized spacial score (nSPS) is 10.8. The lowest BCUT2D eigenvalue weighted by molar-refractivity contribution is 0.560. The molecular formula is C19H32ClN. The van der Waals surface area contributed by atoms with Gasteiger partial charge >= 0.3 is 0 Å². The third-order valence-corrected chi connectivity index (χ3v) is 4.37. The molecule has 1 aromatic carbocycles. The molecule has 0 unspecified atom stereocenters. The predicted octanol–water partition coefficient (Wildman–Crippen LogP) is 6.98. The number of benzene rings is 1. The lowest BCUT2D eigenvalue weighted by Crippen LogP contribution is -2.03. The van der Waals surface area contributed by atoms with E-state index in [0.29, 0.717) is 0 Å². The zero-order chi connectivity index (χ0) is 15.3. The number of halogens is 1. The van der Waals surface area contributed by atoms with Crippen LogP contribution < -0.4 is 5.32 Å². The number of nitrogens with one attached hydrogen (secondary N) is 1. The van der Waals surface area contributed by atoms with Crippen molar-refractivity contribution >= 4 is 17.3 Å². The first kappa shape index (κ1) is 18.4. The van der Waals surface area contributed by atoms with Crippen LogP contribution in [0.5, 0.6) is 0 Å². The summed E-state index contributed by atoms with van der Waals surface area (Å²) in [4.78, 5) is 0. The third kappa shape index (κ3) is 8.36. The molecule has 0 atom stereocenters. The lowest BCUT2D eigenvalue weighted by Gasteiger charge is -2.11. The van der Waals surface area contributed by atoms with Gasteiger partial charge in [-0.1, -0.05) is 88.4 Å². The number of rotatable bonds is 12. The maximum absolute atomic E-state index is 6.20. The van der Waals surface area contributed by atoms with Gasteiger partial charge in [0.15, 0.2) is 0 Å². The average Bonchev–Trinajstić information content (AvgIpc) is 2.47. The van der Waals surface area contributed by atoms with Crippen LogP contribution in [0, 0.1) is 6.92 Å². The molecule has 120 valence electrons. The summed E-state index contributed by atoms with van der Waals surface area (Å²) in [5.74, 6) is 0. The second-order valence-electron chi connectivity index (χ2n) is 6.04. The van der Waals surface area contributed by atoms with Gasteiger partial charge in [0.2, 0.25) is 0 Å². The minimum Gasteiger partial charge on any atom is -0.384 e. The Hall–Kier alpha value is -0.690. The third-order valence-electron chi connectivity index (χ3n) is 4.05. The Morgan fingerprint density at radius 1 is 0.857 bits per heavy atom. The van der Waals surface area contributed by atoms with Crippen molar-refractivity contribution in [1.82, 2.24) is 0 Å². The molecule has 0 amide bonds. The smallest absolute Gasteiger partial charge is 0.0640 e. The highest BCUT2D eigenvalue weighted by Gasteiger charge is 2.01. The average molecular weight is 310 g/mol. The topological polar surface area (TPSA) is 12.0 Å². The Bertz CT molecular complexity index is 356. The van der Waals surface area contributed by atoms with Crippen LogP contribution in [0.25, 0.3) is 0 Å². The highest BCUT2D eigenvalue weighted by molar-refractivity contribution is 6.33. The SMILES string of the molecule is CCCCCCCCCCCCNc1c(C)cccc1Cl. The minimum absolute atomic E-state index is 0.835. The molecule has 0 radical (unpaired) electrons. The van der Waals surface area contributed by atoms with Gasteiger partial charge in [-0.15, -0.1) is 0 Å². The maximum atomic E-state index is 6.20. The molecule has 0 heterocycles. The molecule has 21 heavy (non-hydrogen) atoms. The molecule has 0 saturated heterocycles. The summed E-state index contributed by atoms with van der Waals surface area (Å²) >= 11 is 6.20. The quantitative estimate of drug-likeness (QED) is 0.411. The van der Waals surface area contributed by atoms with E-state index >= 15 is 0 Å². The molecule has 0 aliphatic heterocycles. The standard InChI is InChI=1S/C19H32ClN/c1-3-4-5-6-7-8-9-10-11-12-16-21-19-17(2)14-13-15-18(19)20/h13-15,21H,3-12,16H2,1-2H3. The number of para-hydroxylation sites is 1. The van der Waals surface area contributed by atoms with Gasteiger partial charge in [0, 0.05) is 6.54 Å². The Morgan fingerprint density at radius 3 is 2.00 bits per heavy atom. The van der Waals surface area contributed by atoms with Crippen molar-refractivity contribution in [1.29, 1.82) is 0 Å². The van der Waals surface area contributed by atoms with E-state index in [1.807, 2.05) is 12.1 Å². The van der Waals surface area contributed by atoms with Crippen LogP contribution in [0.2, 0.25) is 5.02 Å². The number of hydrogen-bond acceptors (Lipinski definition) is 1. The Balaban J connectivity index is 1.95. The van der Waals surface area contributed by atoms with Crippen molar-refractivity contribution in [3.8, 4) is 0 Å². The van der Waals surface area contributed by atoms with Gasteiger partial charge in [0.1, 0.15) is 0 Å². The van der Waals surface area contributed by atoms with E-state index < -0.39 is 0 Å². The molecule has 0 saturated carbocycles. The van der Waals surface area contributed by atoms with Gasteiger partial charge in [-0.25, -0.2) is 0 Å². The van der Waals surface area contributed by atoms with Crippen molar-refractivity contribution in [2.75, 3.05) is 11.9 Å². The molecule has 1 nitrogen and oxygen atoms in total. The molecule has 0 aliphatic rings. The summed E-state index contributed by atoms with van der Waals surface area (Å²) in [6.07, 6.45) is 13.8. The maximum Gasteiger partial charge on any atom is 0.0640 e. The van der Waals surface area contributed by atoms with Crippen molar-refractivity contribution in [3.63, 3.8) is 0 Å². The van der Waals surface area contributed by atoms with E-state index in [1.54, 1.807) is 0 Å². The molecule has 0 bridgehead atoms. The summed E-state index contributed by atoms with van der Waals surface area (Å²) in [5, 5.41) is 4.31. The van der Waals surface area contributed by atoms with E-state index in [0.717, 1.165) is 17.3 Å². The highest BCUT2D eigenvalue weighted by Crippen LogP contribution is 2.25. The van der Waals surface area contributed by atoms with Gasteiger partial charge < -0.3 is 5.32 Å². The van der Waals surface area contributed by atoms with Gasteiger partial charge in [0.05, 0.1) is 10.7 Å². The second-order valence-corrected chi connectivity index (χ2v) is 6.45. The number of anilines is 1. The van der Waals surface area contributed by atoms with Gasteiger partial charge in [0.25, 0.3) is 0 Å². The summed E-state index contributed by atoms with van der Waals surface area (Å²) in [6, 6.07) is 6.06. The molecule has 0 aromatic heterocycles. The largest absolute Gasteiger partial charge is 0.384 e. The predicted molar refractivity (Wildman–Crippen MR) is 96.5 cm³/mol. The molecule has 1 aromatic rings. The summed E-state index contributed by atoms with van der Waals surface area (Å²) in [5.41, 5.74) is 2.34. The second kappa shape index (κ2) is 11.9. The summed E-state index contributed by atoms with van der Waals surface area (Å²) < 4.78 is 0. The van der Waals surface area contributed by atoms with E-state index in [1.165, 1.54) is 69.8 Å². The summed E-state index contributed by atoms with van der Waals surface area (Å²) in [6.45, 7) is 5.41. The molecule has 0 aliphatic carbocycles. The fraction of sp³-hybridized carbons (Fsp3) is 0.684. The first-order valence-electron chi connectivity index (χ1n) is 8.74. The van der Waals surface area contributed by atoms with Crippen LogP contribution in [0.1, 0.15) is 76.7 Å². The fourth-order valence-corrected chi connectivity index (χ4v) is 2.97. The van der Waals surface area contributed by atoms with Crippen molar-refractivity contribution in [2.24, 2.45) is 0 Å². The molecule has 1 N–H and O–H groups in total. The van der Waals surface area contributed by atoms with Gasteiger partial charge in [-0.3, -0.25) is 0 Å². The van der Waals surface area contributed by atoms with E-state index in [4.69, 9.17) is 11.6 Å². The Labute approximate surface area is 136 Å². The van der Waals surface area contributed by atoms with Crippen LogP contribution in [0.15, 0.2) is 18.2 Å². The molecular weight excluding hydrogens is 278 g/mol. The number of hydrogen-bond donors (Lipinski definition) is 1. The molecule has 0 spiro atoms.